The Bertz CT molecular complexity index is 757. The quantitative estimate of drug-likeness (QED) is 0.544. The normalized spacial score (nSPS) is 11.3. The highest BCUT2D eigenvalue weighted by Crippen LogP contribution is 2.20. The van der Waals surface area contributed by atoms with Crippen LogP contribution in [0.15, 0.2) is 28.6 Å². The summed E-state index contributed by atoms with van der Waals surface area (Å²) in [5.74, 6) is -0.347. The first-order valence-electron chi connectivity index (χ1n) is 5.82. The first-order valence-corrected chi connectivity index (χ1v) is 8.12. The zero-order chi connectivity index (χ0) is 15.5. The lowest BCUT2D eigenvalue weighted by molar-refractivity contribution is -0.114. The van der Waals surface area contributed by atoms with E-state index in [0.29, 0.717) is 11.3 Å². The molecule has 0 saturated heterocycles. The third-order valence-corrected chi connectivity index (χ3v) is 5.03. The van der Waals surface area contributed by atoms with Crippen molar-refractivity contribution in [1.29, 1.82) is 0 Å². The lowest BCUT2D eigenvalue weighted by Gasteiger charge is -2.06. The Kier molecular flexibility index (Phi) is 4.50. The topological polar surface area (TPSA) is 127 Å². The summed E-state index contributed by atoms with van der Waals surface area (Å²) in [6.07, 6.45) is 0. The van der Waals surface area contributed by atoms with Crippen LogP contribution >= 0.6 is 11.3 Å². The van der Waals surface area contributed by atoms with Crippen LogP contribution in [0.5, 0.6) is 0 Å². The van der Waals surface area contributed by atoms with Crippen LogP contribution in [-0.2, 0) is 21.4 Å². The maximum Gasteiger partial charge on any atom is 0.270 e. The molecule has 21 heavy (non-hydrogen) atoms. The van der Waals surface area contributed by atoms with Gasteiger partial charge in [-0.3, -0.25) is 4.79 Å². The molecule has 1 aromatic carbocycles. The Morgan fingerprint density at radius 2 is 2.05 bits per heavy atom. The number of amides is 1. The van der Waals surface area contributed by atoms with E-state index in [-0.39, 0.29) is 21.9 Å². The number of hydrogen-bond acceptors (Lipinski definition) is 7. The first-order chi connectivity index (χ1) is 9.88. The maximum atomic E-state index is 12.1. The highest BCUT2D eigenvalue weighted by molar-refractivity contribution is 7.91. The minimum atomic E-state index is -3.80. The number of sulfonamides is 1. The predicted octanol–water partition coefficient (Wildman–Crippen LogP) is 0.557. The summed E-state index contributed by atoms with van der Waals surface area (Å²) in [5, 5.41) is 9.64. The van der Waals surface area contributed by atoms with E-state index in [1.807, 2.05) is 0 Å². The zero-order valence-corrected chi connectivity index (χ0v) is 12.7. The summed E-state index contributed by atoms with van der Waals surface area (Å²) in [5.41, 5.74) is 6.90. The van der Waals surface area contributed by atoms with Gasteiger partial charge in [-0.1, -0.05) is 29.5 Å². The van der Waals surface area contributed by atoms with E-state index in [2.05, 4.69) is 20.2 Å². The number of carbonyl (C=O) groups is 1. The Morgan fingerprint density at radius 3 is 2.71 bits per heavy atom. The van der Waals surface area contributed by atoms with Crippen LogP contribution in [0.25, 0.3) is 0 Å². The third-order valence-electron chi connectivity index (χ3n) is 2.43. The molecule has 2 rings (SSSR count). The number of para-hydroxylation sites is 1. The van der Waals surface area contributed by atoms with E-state index >= 15 is 0 Å². The molecule has 1 aromatic heterocycles. The highest BCUT2D eigenvalue weighted by atomic mass is 32.2. The van der Waals surface area contributed by atoms with Crippen LogP contribution in [0.3, 0.4) is 0 Å². The molecule has 0 saturated carbocycles. The minimum absolute atomic E-state index is 0.0457. The SMILES string of the molecule is CC(=O)Nc1nnc(S(=O)(=O)NCc2ccccc2N)s1. The molecule has 0 aliphatic heterocycles. The van der Waals surface area contributed by atoms with Gasteiger partial charge in [-0.25, -0.2) is 13.1 Å². The Balaban J connectivity index is 2.10. The van der Waals surface area contributed by atoms with Crippen molar-refractivity contribution in [2.45, 2.75) is 17.8 Å². The molecule has 0 unspecified atom stereocenters. The third kappa shape index (κ3) is 3.97. The van der Waals surface area contributed by atoms with Crippen molar-refractivity contribution in [3.05, 3.63) is 29.8 Å². The van der Waals surface area contributed by atoms with Gasteiger partial charge in [0.1, 0.15) is 0 Å². The molecule has 0 spiro atoms. The molecule has 112 valence electrons. The van der Waals surface area contributed by atoms with E-state index in [4.69, 9.17) is 5.73 Å². The van der Waals surface area contributed by atoms with Crippen LogP contribution < -0.4 is 15.8 Å². The molecule has 0 fully saturated rings. The summed E-state index contributed by atoms with van der Waals surface area (Å²) in [6, 6.07) is 6.93. The predicted molar refractivity (Wildman–Crippen MR) is 79.1 cm³/mol. The molecule has 8 nitrogen and oxygen atoms in total. The first kappa shape index (κ1) is 15.4. The fraction of sp³-hybridized carbons (Fsp3) is 0.182. The van der Waals surface area contributed by atoms with Crippen molar-refractivity contribution in [3.8, 4) is 0 Å². The molecule has 0 radical (unpaired) electrons. The lowest BCUT2D eigenvalue weighted by atomic mass is 10.2. The van der Waals surface area contributed by atoms with Gasteiger partial charge in [0.25, 0.3) is 10.0 Å². The average Bonchev–Trinajstić information content (AvgIpc) is 2.86. The molecule has 0 aliphatic carbocycles. The van der Waals surface area contributed by atoms with Crippen molar-refractivity contribution in [2.24, 2.45) is 0 Å². The molecule has 0 bridgehead atoms. The molecular weight excluding hydrogens is 314 g/mol. The van der Waals surface area contributed by atoms with Crippen LogP contribution in [0.1, 0.15) is 12.5 Å². The summed E-state index contributed by atoms with van der Waals surface area (Å²) in [7, 11) is -3.80. The molecule has 0 aliphatic rings. The molecule has 1 heterocycles. The van der Waals surface area contributed by atoms with E-state index in [1.165, 1.54) is 6.92 Å². The van der Waals surface area contributed by atoms with Crippen molar-refractivity contribution in [2.75, 3.05) is 11.1 Å². The zero-order valence-electron chi connectivity index (χ0n) is 11.0. The van der Waals surface area contributed by atoms with Crippen molar-refractivity contribution in [3.63, 3.8) is 0 Å². The second-order valence-corrected chi connectivity index (χ2v) is 7.00. The van der Waals surface area contributed by atoms with Gasteiger partial charge in [0, 0.05) is 19.2 Å². The molecule has 10 heteroatoms. The van der Waals surface area contributed by atoms with Gasteiger partial charge in [0.2, 0.25) is 15.4 Å². The number of rotatable bonds is 5. The summed E-state index contributed by atoms with van der Waals surface area (Å²) in [4.78, 5) is 10.9. The highest BCUT2D eigenvalue weighted by Gasteiger charge is 2.20. The maximum absolute atomic E-state index is 12.1. The monoisotopic (exact) mass is 327 g/mol. The number of benzene rings is 1. The van der Waals surface area contributed by atoms with E-state index < -0.39 is 10.0 Å². The number of hydrogen-bond donors (Lipinski definition) is 3. The van der Waals surface area contributed by atoms with Gasteiger partial charge in [-0.05, 0) is 11.6 Å². The van der Waals surface area contributed by atoms with Gasteiger partial charge >= 0.3 is 0 Å². The number of nitrogen functional groups attached to an aromatic ring is 1. The van der Waals surface area contributed by atoms with Crippen LogP contribution in [0.4, 0.5) is 10.8 Å². The summed E-state index contributed by atoms with van der Waals surface area (Å²) < 4.78 is 26.3. The Morgan fingerprint density at radius 1 is 1.33 bits per heavy atom. The van der Waals surface area contributed by atoms with Crippen molar-refractivity contribution < 1.29 is 13.2 Å². The van der Waals surface area contributed by atoms with Crippen LogP contribution in [-0.4, -0.2) is 24.5 Å². The summed E-state index contributed by atoms with van der Waals surface area (Å²) >= 11 is 0.772. The van der Waals surface area contributed by atoms with Gasteiger partial charge in [0.15, 0.2) is 0 Å². The summed E-state index contributed by atoms with van der Waals surface area (Å²) in [6.45, 7) is 1.34. The Labute approximate surface area is 125 Å². The van der Waals surface area contributed by atoms with Crippen LogP contribution in [0.2, 0.25) is 0 Å². The van der Waals surface area contributed by atoms with Gasteiger partial charge in [-0.15, -0.1) is 10.2 Å². The standard InChI is InChI=1S/C11H13N5O3S2/c1-7(17)14-10-15-16-11(20-10)21(18,19)13-6-8-4-2-3-5-9(8)12/h2-5,13H,6,12H2,1H3,(H,14,15,17). The van der Waals surface area contributed by atoms with Gasteiger partial charge in [-0.2, -0.15) is 0 Å². The fourth-order valence-electron chi connectivity index (χ4n) is 1.45. The molecule has 0 atom stereocenters. The number of aromatic nitrogens is 2. The number of carbonyl (C=O) groups excluding carboxylic acids is 1. The average molecular weight is 327 g/mol. The number of anilines is 2. The van der Waals surface area contributed by atoms with Crippen molar-refractivity contribution in [1.82, 2.24) is 14.9 Å². The van der Waals surface area contributed by atoms with Crippen molar-refractivity contribution >= 4 is 38.1 Å². The van der Waals surface area contributed by atoms with E-state index in [1.54, 1.807) is 24.3 Å². The largest absolute Gasteiger partial charge is 0.398 e. The van der Waals surface area contributed by atoms with E-state index in [9.17, 15) is 13.2 Å². The number of nitrogens with one attached hydrogen (secondary N) is 2. The number of nitrogens with two attached hydrogens (primary N) is 1. The van der Waals surface area contributed by atoms with Gasteiger partial charge in [0.05, 0.1) is 0 Å². The van der Waals surface area contributed by atoms with Gasteiger partial charge < -0.3 is 11.1 Å². The van der Waals surface area contributed by atoms with Crippen LogP contribution in [0, 0.1) is 0 Å². The molecule has 1 amide bonds. The smallest absolute Gasteiger partial charge is 0.270 e. The molecule has 4 N–H and O–H groups in total. The molecule has 2 aromatic rings. The van der Waals surface area contributed by atoms with E-state index in [0.717, 1.165) is 11.3 Å². The Hall–Kier alpha value is -2.04. The number of nitrogens with zero attached hydrogens (tertiary/aromatic N) is 2. The molecular formula is C11H13N5O3S2. The lowest BCUT2D eigenvalue weighted by Crippen LogP contribution is -2.23. The second-order valence-electron chi connectivity index (χ2n) is 4.08. The fourth-order valence-corrected chi connectivity index (χ4v) is 3.44. The second kappa shape index (κ2) is 6.16. The minimum Gasteiger partial charge on any atom is -0.398 e.